The number of nitrogens with zero attached hydrogens (tertiary/aromatic N) is 1. The molecule has 18 heavy (non-hydrogen) atoms. The Labute approximate surface area is 114 Å². The van der Waals surface area contributed by atoms with Gasteiger partial charge in [0.25, 0.3) is 0 Å². The molecule has 4 nitrogen and oxygen atoms in total. The number of hydrogen-bond donors (Lipinski definition) is 1. The van der Waals surface area contributed by atoms with E-state index >= 15 is 0 Å². The first-order valence-corrected chi connectivity index (χ1v) is 8.48. The summed E-state index contributed by atoms with van der Waals surface area (Å²) < 4.78 is 11.3. The van der Waals surface area contributed by atoms with E-state index in [1.807, 2.05) is 29.3 Å². The molecule has 1 aromatic rings. The van der Waals surface area contributed by atoms with E-state index in [0.29, 0.717) is 13.1 Å². The van der Waals surface area contributed by atoms with Crippen LogP contribution in [0.25, 0.3) is 0 Å². The third-order valence-corrected chi connectivity index (χ3v) is 5.53. The minimum absolute atomic E-state index is 0.00464. The Morgan fingerprint density at radius 1 is 1.67 bits per heavy atom. The van der Waals surface area contributed by atoms with Gasteiger partial charge in [0.2, 0.25) is 5.91 Å². The van der Waals surface area contributed by atoms with Gasteiger partial charge in [0.05, 0.1) is 6.54 Å². The SMILES string of the molecule is CC(CCN1C(=O)CNC1c1cccs1)S(C)=O. The van der Waals surface area contributed by atoms with Crippen molar-refractivity contribution in [3.63, 3.8) is 0 Å². The number of carbonyl (C=O) groups excluding carboxylic acids is 1. The molecule has 0 aromatic carbocycles. The number of amides is 1. The van der Waals surface area contributed by atoms with Crippen LogP contribution in [0.4, 0.5) is 0 Å². The Kier molecular flexibility index (Phi) is 4.53. The number of rotatable bonds is 5. The van der Waals surface area contributed by atoms with Crippen LogP contribution in [0.2, 0.25) is 0 Å². The molecule has 1 saturated heterocycles. The van der Waals surface area contributed by atoms with Crippen LogP contribution >= 0.6 is 11.3 Å². The summed E-state index contributed by atoms with van der Waals surface area (Å²) in [5.41, 5.74) is 0. The highest BCUT2D eigenvalue weighted by Crippen LogP contribution is 2.26. The van der Waals surface area contributed by atoms with Gasteiger partial charge in [0.15, 0.2) is 0 Å². The van der Waals surface area contributed by atoms with Gasteiger partial charge in [-0.15, -0.1) is 11.3 Å². The highest BCUT2D eigenvalue weighted by Gasteiger charge is 2.32. The zero-order chi connectivity index (χ0) is 13.1. The second-order valence-electron chi connectivity index (χ2n) is 4.48. The largest absolute Gasteiger partial charge is 0.321 e. The summed E-state index contributed by atoms with van der Waals surface area (Å²) in [4.78, 5) is 14.9. The van der Waals surface area contributed by atoms with Crippen molar-refractivity contribution in [3.8, 4) is 0 Å². The van der Waals surface area contributed by atoms with Crippen LogP contribution in [0.15, 0.2) is 17.5 Å². The zero-order valence-corrected chi connectivity index (χ0v) is 12.2. The van der Waals surface area contributed by atoms with Crippen LogP contribution in [-0.2, 0) is 15.6 Å². The molecule has 1 amide bonds. The van der Waals surface area contributed by atoms with Gasteiger partial charge < -0.3 is 4.90 Å². The van der Waals surface area contributed by atoms with E-state index in [1.54, 1.807) is 17.6 Å². The van der Waals surface area contributed by atoms with Gasteiger partial charge in [-0.25, -0.2) is 0 Å². The Morgan fingerprint density at radius 2 is 2.44 bits per heavy atom. The van der Waals surface area contributed by atoms with Gasteiger partial charge in [-0.1, -0.05) is 13.0 Å². The van der Waals surface area contributed by atoms with Crippen molar-refractivity contribution in [3.05, 3.63) is 22.4 Å². The number of nitrogens with one attached hydrogen (secondary N) is 1. The monoisotopic (exact) mass is 286 g/mol. The maximum Gasteiger partial charge on any atom is 0.238 e. The van der Waals surface area contributed by atoms with Crippen molar-refractivity contribution < 1.29 is 9.00 Å². The predicted octanol–water partition coefficient (Wildman–Crippen LogP) is 1.34. The van der Waals surface area contributed by atoms with Crippen molar-refractivity contribution in [2.45, 2.75) is 24.8 Å². The summed E-state index contributed by atoms with van der Waals surface area (Å²) in [6, 6.07) is 4.03. The predicted molar refractivity (Wildman–Crippen MR) is 74.9 cm³/mol. The molecule has 1 aliphatic rings. The van der Waals surface area contributed by atoms with Gasteiger partial charge in [-0.3, -0.25) is 14.3 Å². The van der Waals surface area contributed by atoms with Crippen molar-refractivity contribution in [2.24, 2.45) is 0 Å². The first kappa shape index (κ1) is 13.7. The second-order valence-corrected chi connectivity index (χ2v) is 7.27. The third-order valence-electron chi connectivity index (χ3n) is 3.23. The summed E-state index contributed by atoms with van der Waals surface area (Å²) in [6.07, 6.45) is 2.49. The minimum Gasteiger partial charge on any atom is -0.321 e. The zero-order valence-electron chi connectivity index (χ0n) is 10.6. The lowest BCUT2D eigenvalue weighted by Crippen LogP contribution is -2.32. The summed E-state index contributed by atoms with van der Waals surface area (Å²) >= 11 is 1.65. The summed E-state index contributed by atoms with van der Waals surface area (Å²) in [5.74, 6) is 0.127. The quantitative estimate of drug-likeness (QED) is 0.888. The van der Waals surface area contributed by atoms with Gasteiger partial charge in [0, 0.05) is 33.7 Å². The molecule has 0 radical (unpaired) electrons. The van der Waals surface area contributed by atoms with Crippen LogP contribution in [-0.4, -0.2) is 39.6 Å². The smallest absolute Gasteiger partial charge is 0.238 e. The molecule has 1 fully saturated rings. The normalized spacial score (nSPS) is 23.3. The minimum atomic E-state index is -0.825. The summed E-state index contributed by atoms with van der Waals surface area (Å²) in [6.45, 7) is 3.02. The van der Waals surface area contributed by atoms with Crippen LogP contribution in [0.5, 0.6) is 0 Å². The fraction of sp³-hybridized carbons (Fsp3) is 0.583. The molecule has 0 saturated carbocycles. The maximum atomic E-state index is 11.9. The number of carbonyl (C=O) groups is 1. The summed E-state index contributed by atoms with van der Waals surface area (Å²) in [5, 5.41) is 5.37. The van der Waals surface area contributed by atoms with Crippen molar-refractivity contribution in [1.82, 2.24) is 10.2 Å². The molecule has 1 N–H and O–H groups in total. The Balaban J connectivity index is 2.00. The first-order chi connectivity index (χ1) is 8.59. The van der Waals surface area contributed by atoms with Crippen molar-refractivity contribution in [2.75, 3.05) is 19.3 Å². The van der Waals surface area contributed by atoms with Crippen LogP contribution in [0.1, 0.15) is 24.4 Å². The van der Waals surface area contributed by atoms with E-state index in [2.05, 4.69) is 5.32 Å². The van der Waals surface area contributed by atoms with Gasteiger partial charge >= 0.3 is 0 Å². The van der Waals surface area contributed by atoms with E-state index in [4.69, 9.17) is 0 Å². The highest BCUT2D eigenvalue weighted by molar-refractivity contribution is 7.84. The molecular weight excluding hydrogens is 268 g/mol. The maximum absolute atomic E-state index is 11.9. The van der Waals surface area contributed by atoms with Crippen molar-refractivity contribution >= 4 is 28.0 Å². The standard InChI is InChI=1S/C12H18N2O2S2/c1-9(18(2)16)5-6-14-11(15)8-13-12(14)10-4-3-7-17-10/h3-4,7,9,12-13H,5-6,8H2,1-2H3. The average Bonchev–Trinajstić information content (AvgIpc) is 2.95. The molecule has 2 heterocycles. The topological polar surface area (TPSA) is 49.4 Å². The molecule has 3 unspecified atom stereocenters. The Morgan fingerprint density at radius 3 is 3.06 bits per heavy atom. The van der Waals surface area contributed by atoms with E-state index in [1.165, 1.54) is 0 Å². The van der Waals surface area contributed by atoms with Crippen LogP contribution in [0.3, 0.4) is 0 Å². The number of thiophene rings is 1. The molecule has 100 valence electrons. The van der Waals surface area contributed by atoms with Crippen molar-refractivity contribution in [1.29, 1.82) is 0 Å². The lowest BCUT2D eigenvalue weighted by Gasteiger charge is -2.24. The van der Waals surface area contributed by atoms with E-state index in [-0.39, 0.29) is 17.3 Å². The molecule has 0 spiro atoms. The first-order valence-electron chi connectivity index (χ1n) is 5.98. The molecule has 1 aliphatic heterocycles. The van der Waals surface area contributed by atoms with E-state index in [0.717, 1.165) is 11.3 Å². The van der Waals surface area contributed by atoms with Crippen LogP contribution in [0, 0.1) is 0 Å². The van der Waals surface area contributed by atoms with Gasteiger partial charge in [0.1, 0.15) is 6.17 Å². The highest BCUT2D eigenvalue weighted by atomic mass is 32.2. The fourth-order valence-corrected chi connectivity index (χ4v) is 3.23. The fourth-order valence-electron chi connectivity index (χ4n) is 1.98. The number of hydrogen-bond acceptors (Lipinski definition) is 4. The molecule has 0 aliphatic carbocycles. The summed E-state index contributed by atoms with van der Waals surface area (Å²) in [7, 11) is -0.825. The van der Waals surface area contributed by atoms with E-state index in [9.17, 15) is 9.00 Å². The van der Waals surface area contributed by atoms with Gasteiger partial charge in [-0.05, 0) is 17.9 Å². The van der Waals surface area contributed by atoms with Gasteiger partial charge in [-0.2, -0.15) is 0 Å². The molecule has 2 rings (SSSR count). The molecule has 3 atom stereocenters. The third kappa shape index (κ3) is 2.99. The Hall–Kier alpha value is -0.720. The lowest BCUT2D eigenvalue weighted by atomic mass is 10.3. The second kappa shape index (κ2) is 5.95. The molecule has 0 bridgehead atoms. The molecular formula is C12H18N2O2S2. The lowest BCUT2D eigenvalue weighted by molar-refractivity contribution is -0.128. The van der Waals surface area contributed by atoms with E-state index < -0.39 is 10.8 Å². The van der Waals surface area contributed by atoms with Crippen LogP contribution < -0.4 is 5.32 Å². The molecule has 6 heteroatoms. The molecule has 1 aromatic heterocycles. The Bertz CT molecular complexity index is 433. The average molecular weight is 286 g/mol.